The van der Waals surface area contributed by atoms with Crippen molar-refractivity contribution < 1.29 is 22.7 Å². The van der Waals surface area contributed by atoms with Crippen molar-refractivity contribution in [2.75, 3.05) is 21.3 Å². The van der Waals surface area contributed by atoms with Gasteiger partial charge >= 0.3 is 0 Å². The number of rotatable bonds is 8. The molecule has 0 aliphatic carbocycles. The van der Waals surface area contributed by atoms with E-state index in [1.807, 2.05) is 6.92 Å². The fraction of sp³-hybridized carbons (Fsp3) is 0.316. The SMILES string of the molecule is CNS(=O)(=O)c1ccc(CNC(=O)c2sc3nc(COC)nc(OC)c3c2C)cc1. The number of amides is 1. The van der Waals surface area contributed by atoms with Crippen molar-refractivity contribution in [1.82, 2.24) is 20.0 Å². The highest BCUT2D eigenvalue weighted by molar-refractivity contribution is 7.89. The van der Waals surface area contributed by atoms with Crippen molar-refractivity contribution in [2.24, 2.45) is 0 Å². The fourth-order valence-electron chi connectivity index (χ4n) is 2.87. The molecule has 2 heterocycles. The number of carbonyl (C=O) groups excluding carboxylic acids is 1. The maximum absolute atomic E-state index is 12.8. The van der Waals surface area contributed by atoms with Gasteiger partial charge in [0.2, 0.25) is 15.9 Å². The van der Waals surface area contributed by atoms with Gasteiger partial charge < -0.3 is 14.8 Å². The molecule has 1 aromatic carbocycles. The number of carbonyl (C=O) groups is 1. The average Bonchev–Trinajstić information content (AvgIpc) is 3.08. The van der Waals surface area contributed by atoms with Crippen LogP contribution in [0.5, 0.6) is 5.88 Å². The molecule has 0 fully saturated rings. The molecule has 2 aromatic heterocycles. The Morgan fingerprint density at radius 2 is 1.87 bits per heavy atom. The fourth-order valence-corrected chi connectivity index (χ4v) is 4.71. The maximum atomic E-state index is 12.8. The second kappa shape index (κ2) is 9.04. The first kappa shape index (κ1) is 22.1. The van der Waals surface area contributed by atoms with Crippen molar-refractivity contribution in [3.8, 4) is 5.88 Å². The Morgan fingerprint density at radius 1 is 1.17 bits per heavy atom. The molecule has 30 heavy (non-hydrogen) atoms. The minimum atomic E-state index is -3.49. The zero-order valence-electron chi connectivity index (χ0n) is 17.0. The first-order valence-electron chi connectivity index (χ1n) is 8.94. The largest absolute Gasteiger partial charge is 0.480 e. The molecule has 0 aliphatic heterocycles. The van der Waals surface area contributed by atoms with Gasteiger partial charge in [0.1, 0.15) is 11.4 Å². The Labute approximate surface area is 178 Å². The number of fused-ring (bicyclic) bond motifs is 1. The summed E-state index contributed by atoms with van der Waals surface area (Å²) in [5, 5.41) is 3.56. The van der Waals surface area contributed by atoms with Crippen LogP contribution in [-0.4, -0.2) is 45.6 Å². The molecule has 3 rings (SSSR count). The van der Waals surface area contributed by atoms with E-state index in [-0.39, 0.29) is 24.0 Å². The number of sulfonamides is 1. The van der Waals surface area contributed by atoms with Crippen molar-refractivity contribution in [3.05, 3.63) is 46.1 Å². The molecule has 0 bridgehead atoms. The van der Waals surface area contributed by atoms with Crippen LogP contribution in [0.1, 0.15) is 26.6 Å². The Morgan fingerprint density at radius 3 is 2.47 bits per heavy atom. The topological polar surface area (TPSA) is 120 Å². The summed E-state index contributed by atoms with van der Waals surface area (Å²) in [6.07, 6.45) is 0. The lowest BCUT2D eigenvalue weighted by Gasteiger charge is -2.07. The number of nitrogens with zero attached hydrogens (tertiary/aromatic N) is 2. The van der Waals surface area contributed by atoms with Gasteiger partial charge in [-0.05, 0) is 37.2 Å². The molecule has 2 N–H and O–H groups in total. The average molecular weight is 451 g/mol. The quantitative estimate of drug-likeness (QED) is 0.539. The van der Waals surface area contributed by atoms with Gasteiger partial charge in [-0.15, -0.1) is 11.3 Å². The normalized spacial score (nSPS) is 11.6. The lowest BCUT2D eigenvalue weighted by Crippen LogP contribution is -2.22. The Hall–Kier alpha value is -2.60. The van der Waals surface area contributed by atoms with Gasteiger partial charge in [-0.2, -0.15) is 4.98 Å². The van der Waals surface area contributed by atoms with Gasteiger partial charge in [0.25, 0.3) is 5.91 Å². The van der Waals surface area contributed by atoms with Crippen molar-refractivity contribution in [2.45, 2.75) is 25.0 Å². The number of aryl methyl sites for hydroxylation is 1. The summed E-state index contributed by atoms with van der Waals surface area (Å²) in [4.78, 5) is 22.9. The van der Waals surface area contributed by atoms with Crippen molar-refractivity contribution in [1.29, 1.82) is 0 Å². The summed E-state index contributed by atoms with van der Waals surface area (Å²) in [6, 6.07) is 6.31. The molecule has 160 valence electrons. The number of hydrogen-bond donors (Lipinski definition) is 2. The maximum Gasteiger partial charge on any atom is 0.261 e. The third kappa shape index (κ3) is 4.43. The molecule has 3 aromatic rings. The lowest BCUT2D eigenvalue weighted by atomic mass is 10.2. The van der Waals surface area contributed by atoms with Crippen LogP contribution in [-0.2, 0) is 27.9 Å². The predicted octanol–water partition coefficient (Wildman–Crippen LogP) is 1.99. The number of hydrogen-bond acceptors (Lipinski definition) is 8. The van der Waals surface area contributed by atoms with E-state index in [1.54, 1.807) is 19.2 Å². The van der Waals surface area contributed by atoms with Crippen LogP contribution in [0.4, 0.5) is 0 Å². The van der Waals surface area contributed by atoms with Crippen LogP contribution in [0.25, 0.3) is 10.2 Å². The van der Waals surface area contributed by atoms with Crippen LogP contribution in [0.2, 0.25) is 0 Å². The first-order chi connectivity index (χ1) is 14.3. The van der Waals surface area contributed by atoms with E-state index in [0.29, 0.717) is 26.8 Å². The second-order valence-electron chi connectivity index (χ2n) is 6.35. The van der Waals surface area contributed by atoms with Crippen LogP contribution in [0.3, 0.4) is 0 Å². The zero-order chi connectivity index (χ0) is 21.9. The highest BCUT2D eigenvalue weighted by atomic mass is 32.2. The van der Waals surface area contributed by atoms with Crippen LogP contribution >= 0.6 is 11.3 Å². The molecular weight excluding hydrogens is 428 g/mol. The van der Waals surface area contributed by atoms with E-state index in [2.05, 4.69) is 20.0 Å². The molecular formula is C19H22N4O5S2. The minimum Gasteiger partial charge on any atom is -0.480 e. The van der Waals surface area contributed by atoms with Crippen LogP contribution in [0, 0.1) is 6.92 Å². The van der Waals surface area contributed by atoms with Gasteiger partial charge in [0.15, 0.2) is 5.82 Å². The van der Waals surface area contributed by atoms with E-state index in [4.69, 9.17) is 9.47 Å². The highest BCUT2D eigenvalue weighted by Crippen LogP contribution is 2.35. The van der Waals surface area contributed by atoms with Gasteiger partial charge in [-0.1, -0.05) is 12.1 Å². The third-order valence-corrected chi connectivity index (χ3v) is 7.05. The number of thiophene rings is 1. The molecule has 0 radical (unpaired) electrons. The molecule has 0 aliphatic rings. The summed E-state index contributed by atoms with van der Waals surface area (Å²) >= 11 is 1.26. The summed E-state index contributed by atoms with van der Waals surface area (Å²) in [5.41, 5.74) is 1.51. The summed E-state index contributed by atoms with van der Waals surface area (Å²) in [5.74, 6) is 0.630. The summed E-state index contributed by atoms with van der Waals surface area (Å²) < 4.78 is 36.3. The van der Waals surface area contributed by atoms with Gasteiger partial charge in [0, 0.05) is 13.7 Å². The first-order valence-corrected chi connectivity index (χ1v) is 11.2. The van der Waals surface area contributed by atoms with Crippen LogP contribution in [0.15, 0.2) is 29.2 Å². The van der Waals surface area contributed by atoms with Crippen LogP contribution < -0.4 is 14.8 Å². The van der Waals surface area contributed by atoms with E-state index in [1.165, 1.54) is 37.6 Å². The molecule has 1 amide bonds. The molecule has 0 atom stereocenters. The predicted molar refractivity (Wildman–Crippen MR) is 113 cm³/mol. The molecule has 0 spiro atoms. The minimum absolute atomic E-state index is 0.165. The molecule has 0 unspecified atom stereocenters. The lowest BCUT2D eigenvalue weighted by molar-refractivity contribution is 0.0954. The van der Waals surface area contributed by atoms with E-state index < -0.39 is 10.0 Å². The zero-order valence-corrected chi connectivity index (χ0v) is 18.6. The molecule has 9 nitrogen and oxygen atoms in total. The standard InChI is InChI=1S/C19H22N4O5S2/c1-11-15-18(28-4)22-14(10-27-3)23-19(15)29-16(11)17(24)21-9-12-5-7-13(8-6-12)30(25,26)20-2/h5-8,20H,9-10H2,1-4H3,(H,21,24). The third-order valence-electron chi connectivity index (χ3n) is 4.43. The number of benzene rings is 1. The number of ether oxygens (including phenoxy) is 2. The molecule has 0 saturated heterocycles. The summed E-state index contributed by atoms with van der Waals surface area (Å²) in [6.45, 7) is 2.32. The summed E-state index contributed by atoms with van der Waals surface area (Å²) in [7, 11) is 0.938. The van der Waals surface area contributed by atoms with E-state index in [0.717, 1.165) is 11.1 Å². The number of methoxy groups -OCH3 is 2. The van der Waals surface area contributed by atoms with Gasteiger partial charge in [0.05, 0.1) is 22.3 Å². The Kier molecular flexibility index (Phi) is 6.66. The Bertz CT molecular complexity index is 1170. The van der Waals surface area contributed by atoms with Crippen molar-refractivity contribution in [3.63, 3.8) is 0 Å². The van der Waals surface area contributed by atoms with Gasteiger partial charge in [-0.3, -0.25) is 4.79 Å². The second-order valence-corrected chi connectivity index (χ2v) is 9.24. The Balaban J connectivity index is 1.81. The van der Waals surface area contributed by atoms with Crippen molar-refractivity contribution >= 4 is 37.5 Å². The van der Waals surface area contributed by atoms with Gasteiger partial charge in [-0.25, -0.2) is 18.1 Å². The smallest absolute Gasteiger partial charge is 0.261 e. The highest BCUT2D eigenvalue weighted by Gasteiger charge is 2.21. The molecule has 11 heteroatoms. The van der Waals surface area contributed by atoms with E-state index in [9.17, 15) is 13.2 Å². The number of aromatic nitrogens is 2. The monoisotopic (exact) mass is 450 g/mol. The molecule has 0 saturated carbocycles. The number of nitrogens with one attached hydrogen (secondary N) is 2. The van der Waals surface area contributed by atoms with E-state index >= 15 is 0 Å².